The topological polar surface area (TPSA) is 71.3 Å². The first kappa shape index (κ1) is 24.8. The number of piperidine rings is 1. The number of hydrogen-bond acceptors (Lipinski definition) is 4. The first-order valence-electron chi connectivity index (χ1n) is 12.2. The van der Waals surface area contributed by atoms with Crippen LogP contribution in [0.2, 0.25) is 5.02 Å². The van der Waals surface area contributed by atoms with Crippen molar-refractivity contribution in [1.29, 1.82) is 0 Å². The fraction of sp³-hybridized carbons (Fsp3) is 0.214. The lowest BCUT2D eigenvalue weighted by Crippen LogP contribution is -2.48. The summed E-state index contributed by atoms with van der Waals surface area (Å²) in [6.07, 6.45) is 6.23. The summed E-state index contributed by atoms with van der Waals surface area (Å²) in [7, 11) is 0. The van der Waals surface area contributed by atoms with Crippen LogP contribution < -0.4 is 4.90 Å². The molecule has 0 radical (unpaired) electrons. The van der Waals surface area contributed by atoms with Crippen molar-refractivity contribution in [3.05, 3.63) is 105 Å². The summed E-state index contributed by atoms with van der Waals surface area (Å²) < 4.78 is 16.6. The first-order valence-corrected chi connectivity index (χ1v) is 13.3. The van der Waals surface area contributed by atoms with Gasteiger partial charge in [0.05, 0.1) is 16.1 Å². The van der Waals surface area contributed by atoms with E-state index in [2.05, 4.69) is 26.0 Å². The third-order valence-electron chi connectivity index (χ3n) is 7.45. The number of carbonyl (C=O) groups excluding carboxylic acids is 2. The molecule has 192 valence electrons. The van der Waals surface area contributed by atoms with E-state index in [-0.39, 0.29) is 17.6 Å². The van der Waals surface area contributed by atoms with Gasteiger partial charge in [0.1, 0.15) is 5.82 Å². The molecule has 4 aromatic rings. The SMILES string of the molecule is O=C(c1ccc(-n2cccn2)nc1)N1CCC2(CC1)CN(C(=O)c1cccc(Cl)c1Br)c1ccc(F)cc12. The highest BCUT2D eigenvalue weighted by Crippen LogP contribution is 2.48. The zero-order valence-corrected chi connectivity index (χ0v) is 22.5. The lowest BCUT2D eigenvalue weighted by molar-refractivity contribution is 0.0670. The van der Waals surface area contributed by atoms with Crippen LogP contribution in [0.5, 0.6) is 0 Å². The molecule has 0 bridgehead atoms. The van der Waals surface area contributed by atoms with Crippen molar-refractivity contribution >= 4 is 45.0 Å². The van der Waals surface area contributed by atoms with E-state index in [1.165, 1.54) is 12.1 Å². The second-order valence-electron chi connectivity index (χ2n) is 9.58. The normalized spacial score (nSPS) is 16.1. The molecule has 1 saturated heterocycles. The zero-order valence-electron chi connectivity index (χ0n) is 20.2. The van der Waals surface area contributed by atoms with E-state index >= 15 is 0 Å². The van der Waals surface area contributed by atoms with E-state index < -0.39 is 5.41 Å². The molecule has 4 heterocycles. The Balaban J connectivity index is 1.23. The molecule has 10 heteroatoms. The number of amides is 2. The largest absolute Gasteiger partial charge is 0.339 e. The lowest BCUT2D eigenvalue weighted by Gasteiger charge is -2.40. The molecule has 1 fully saturated rings. The molecule has 0 N–H and O–H groups in total. The fourth-order valence-corrected chi connectivity index (χ4v) is 6.05. The van der Waals surface area contributed by atoms with Crippen molar-refractivity contribution in [2.75, 3.05) is 24.5 Å². The Morgan fingerprint density at radius 1 is 1.03 bits per heavy atom. The van der Waals surface area contributed by atoms with Gasteiger partial charge in [-0.05, 0) is 82.9 Å². The summed E-state index contributed by atoms with van der Waals surface area (Å²) in [4.78, 5) is 34.8. The standard InChI is InChI=1S/C28H22BrClFN5O2/c29-25-20(3-1-4-22(25)30)27(38)35-17-28(21-15-19(31)6-7-23(21)35)9-13-34(14-10-28)26(37)18-5-8-24(32-16-18)36-12-2-11-33-36/h1-8,11-12,15-16H,9-10,13-14,17H2. The van der Waals surface area contributed by atoms with Crippen molar-refractivity contribution in [1.82, 2.24) is 19.7 Å². The fourth-order valence-electron chi connectivity index (χ4n) is 5.44. The summed E-state index contributed by atoms with van der Waals surface area (Å²) in [6.45, 7) is 1.38. The number of halogens is 3. The van der Waals surface area contributed by atoms with Crippen LogP contribution in [0.3, 0.4) is 0 Å². The van der Waals surface area contributed by atoms with Crippen molar-refractivity contribution < 1.29 is 14.0 Å². The molecule has 6 rings (SSSR count). The summed E-state index contributed by atoms with van der Waals surface area (Å²) in [5, 5.41) is 4.61. The van der Waals surface area contributed by atoms with E-state index in [0.717, 1.165) is 5.56 Å². The van der Waals surface area contributed by atoms with E-state index in [1.807, 2.05) is 0 Å². The molecular weight excluding hydrogens is 573 g/mol. The number of rotatable bonds is 3. The number of nitrogens with zero attached hydrogens (tertiary/aromatic N) is 5. The number of anilines is 1. The third-order valence-corrected chi connectivity index (χ3v) is 8.85. The van der Waals surface area contributed by atoms with Gasteiger partial charge in [-0.15, -0.1) is 0 Å². The lowest BCUT2D eigenvalue weighted by atomic mass is 9.74. The van der Waals surface area contributed by atoms with Crippen LogP contribution in [0.4, 0.5) is 10.1 Å². The molecule has 0 aliphatic carbocycles. The number of aromatic nitrogens is 3. The van der Waals surface area contributed by atoms with Gasteiger partial charge in [0, 0.05) is 53.8 Å². The molecule has 2 amide bonds. The van der Waals surface area contributed by atoms with Crippen molar-refractivity contribution in [2.45, 2.75) is 18.3 Å². The second kappa shape index (κ2) is 9.63. The number of pyridine rings is 1. The maximum atomic E-state index is 14.4. The molecule has 2 aliphatic rings. The molecule has 2 aromatic heterocycles. The maximum Gasteiger partial charge on any atom is 0.259 e. The average Bonchev–Trinajstić information content (AvgIpc) is 3.58. The number of carbonyl (C=O) groups is 2. The molecule has 2 aromatic carbocycles. The molecule has 7 nitrogen and oxygen atoms in total. The van der Waals surface area contributed by atoms with Crippen LogP contribution in [0, 0.1) is 5.82 Å². The van der Waals surface area contributed by atoms with E-state index in [0.29, 0.717) is 64.6 Å². The minimum Gasteiger partial charge on any atom is -0.339 e. The van der Waals surface area contributed by atoms with Crippen LogP contribution in [0.25, 0.3) is 5.82 Å². The van der Waals surface area contributed by atoms with Crippen LogP contribution in [0.15, 0.2) is 77.7 Å². The Kier molecular flexibility index (Phi) is 6.28. The van der Waals surface area contributed by atoms with Gasteiger partial charge < -0.3 is 9.80 Å². The highest BCUT2D eigenvalue weighted by atomic mass is 79.9. The smallest absolute Gasteiger partial charge is 0.259 e. The van der Waals surface area contributed by atoms with Gasteiger partial charge >= 0.3 is 0 Å². The van der Waals surface area contributed by atoms with Gasteiger partial charge in [-0.3, -0.25) is 9.59 Å². The minimum absolute atomic E-state index is 0.104. The average molecular weight is 595 g/mol. The highest BCUT2D eigenvalue weighted by Gasteiger charge is 2.47. The summed E-state index contributed by atoms with van der Waals surface area (Å²) >= 11 is 9.68. The van der Waals surface area contributed by atoms with Crippen molar-refractivity contribution in [3.8, 4) is 5.82 Å². The number of fused-ring (bicyclic) bond motifs is 2. The second-order valence-corrected chi connectivity index (χ2v) is 10.8. The third kappa shape index (κ3) is 4.19. The van der Waals surface area contributed by atoms with Crippen LogP contribution >= 0.6 is 27.5 Å². The molecule has 38 heavy (non-hydrogen) atoms. The number of hydrogen-bond donors (Lipinski definition) is 0. The quantitative estimate of drug-likeness (QED) is 0.307. The highest BCUT2D eigenvalue weighted by molar-refractivity contribution is 9.10. The van der Waals surface area contributed by atoms with Crippen molar-refractivity contribution in [3.63, 3.8) is 0 Å². The molecule has 0 saturated carbocycles. The van der Waals surface area contributed by atoms with E-state index in [9.17, 15) is 14.0 Å². The Hall–Kier alpha value is -3.56. The number of likely N-dealkylation sites (tertiary alicyclic amines) is 1. The molecule has 0 unspecified atom stereocenters. The van der Waals surface area contributed by atoms with Gasteiger partial charge in [-0.1, -0.05) is 17.7 Å². The Bertz CT molecular complexity index is 1540. The molecule has 2 aliphatic heterocycles. The minimum atomic E-state index is -0.447. The van der Waals surface area contributed by atoms with Gasteiger partial charge in [-0.25, -0.2) is 14.1 Å². The van der Waals surface area contributed by atoms with Gasteiger partial charge in [0.2, 0.25) is 0 Å². The van der Waals surface area contributed by atoms with Crippen LogP contribution in [-0.4, -0.2) is 51.1 Å². The predicted molar refractivity (Wildman–Crippen MR) is 145 cm³/mol. The maximum absolute atomic E-state index is 14.4. The summed E-state index contributed by atoms with van der Waals surface area (Å²) in [5.41, 5.74) is 2.00. The van der Waals surface area contributed by atoms with Gasteiger partial charge in [-0.2, -0.15) is 5.10 Å². The molecular formula is C28H22BrClFN5O2. The zero-order chi connectivity index (χ0) is 26.4. The first-order chi connectivity index (χ1) is 18.4. The van der Waals surface area contributed by atoms with Gasteiger partial charge in [0.15, 0.2) is 5.82 Å². The Labute approximate surface area is 232 Å². The van der Waals surface area contributed by atoms with E-state index in [1.54, 1.807) is 75.5 Å². The van der Waals surface area contributed by atoms with Crippen molar-refractivity contribution in [2.24, 2.45) is 0 Å². The van der Waals surface area contributed by atoms with Crippen LogP contribution in [-0.2, 0) is 5.41 Å². The number of benzene rings is 2. The predicted octanol–water partition coefficient (Wildman–Crippen LogP) is 5.66. The van der Waals surface area contributed by atoms with Crippen LogP contribution in [0.1, 0.15) is 39.1 Å². The molecule has 0 atom stereocenters. The Morgan fingerprint density at radius 2 is 1.84 bits per heavy atom. The Morgan fingerprint density at radius 3 is 2.55 bits per heavy atom. The van der Waals surface area contributed by atoms with E-state index in [4.69, 9.17) is 11.6 Å². The van der Waals surface area contributed by atoms with Gasteiger partial charge in [0.25, 0.3) is 11.8 Å². The monoisotopic (exact) mass is 593 g/mol. The molecule has 1 spiro atoms. The summed E-state index contributed by atoms with van der Waals surface area (Å²) in [5.74, 6) is -0.0216. The summed E-state index contributed by atoms with van der Waals surface area (Å²) in [6, 6.07) is 15.1.